The number of benzene rings is 3. The van der Waals surface area contributed by atoms with Gasteiger partial charge in [-0.05, 0) is 56.5 Å². The van der Waals surface area contributed by atoms with Crippen LogP contribution in [-0.2, 0) is 32.6 Å². The van der Waals surface area contributed by atoms with E-state index < -0.39 is 34.1 Å². The Kier molecular flexibility index (Phi) is 9.46. The Morgan fingerprint density at radius 3 is 2.21 bits per heavy atom. The molecule has 4 rings (SSSR count). The molecule has 1 unspecified atom stereocenters. The fourth-order valence-electron chi connectivity index (χ4n) is 4.78. The number of hydrogen-bond donors (Lipinski definition) is 1. The van der Waals surface area contributed by atoms with Gasteiger partial charge < -0.3 is 19.7 Å². The average molecular weight is 594 g/mol. The van der Waals surface area contributed by atoms with Crippen molar-refractivity contribution in [2.24, 2.45) is 0 Å². The number of hydrogen-bond acceptors (Lipinski definition) is 6. The molecule has 224 valence electrons. The molecule has 10 heteroatoms. The van der Waals surface area contributed by atoms with Gasteiger partial charge >= 0.3 is 0 Å². The SMILES string of the molecule is Cc1ccccc1CN(C(=O)CN(c1ccc2c(c1)OCCO2)S(C)(=O)=O)C(Cc1ccccc1)C(=O)NC(C)(C)C. The predicted octanol–water partition coefficient (Wildman–Crippen LogP) is 4.09. The number of carbonyl (C=O) groups is 2. The number of fused-ring (bicyclic) bond motifs is 1. The Morgan fingerprint density at radius 1 is 0.929 bits per heavy atom. The zero-order chi connectivity index (χ0) is 30.5. The summed E-state index contributed by atoms with van der Waals surface area (Å²) in [6, 6.07) is 21.0. The van der Waals surface area contributed by atoms with Crippen molar-refractivity contribution in [3.8, 4) is 11.5 Å². The largest absolute Gasteiger partial charge is 0.486 e. The van der Waals surface area contributed by atoms with Crippen LogP contribution in [0.25, 0.3) is 0 Å². The van der Waals surface area contributed by atoms with Gasteiger partial charge in [-0.1, -0.05) is 54.6 Å². The van der Waals surface area contributed by atoms with E-state index >= 15 is 0 Å². The maximum Gasteiger partial charge on any atom is 0.244 e. The van der Waals surface area contributed by atoms with E-state index in [0.717, 1.165) is 27.3 Å². The van der Waals surface area contributed by atoms with Gasteiger partial charge in [0.1, 0.15) is 25.8 Å². The molecule has 2 amide bonds. The van der Waals surface area contributed by atoms with Gasteiger partial charge in [-0.2, -0.15) is 0 Å². The molecule has 3 aromatic rings. The van der Waals surface area contributed by atoms with Gasteiger partial charge in [-0.15, -0.1) is 0 Å². The molecular formula is C32H39N3O6S. The van der Waals surface area contributed by atoms with E-state index in [9.17, 15) is 18.0 Å². The maximum absolute atomic E-state index is 14.3. The molecular weight excluding hydrogens is 554 g/mol. The lowest BCUT2D eigenvalue weighted by atomic mass is 10.00. The zero-order valence-electron chi connectivity index (χ0n) is 24.8. The Balaban J connectivity index is 1.75. The standard InChI is InChI=1S/C32H39N3O6S/c1-23-11-9-10-14-25(23)21-34(27(31(37)33-32(2,3)4)19-24-12-7-6-8-13-24)30(36)22-35(42(5,38)39)26-15-16-28-29(20-26)41-18-17-40-28/h6-16,20,27H,17-19,21-22H2,1-5H3,(H,33,37). The van der Waals surface area contributed by atoms with E-state index in [1.165, 1.54) is 4.90 Å². The maximum atomic E-state index is 14.3. The number of rotatable bonds is 10. The lowest BCUT2D eigenvalue weighted by Crippen LogP contribution is -2.56. The van der Waals surface area contributed by atoms with Gasteiger partial charge in [-0.3, -0.25) is 13.9 Å². The molecule has 0 fully saturated rings. The third kappa shape index (κ3) is 8.03. The minimum atomic E-state index is -3.90. The van der Waals surface area contributed by atoms with E-state index in [0.29, 0.717) is 24.7 Å². The van der Waals surface area contributed by atoms with Gasteiger partial charge in [0.15, 0.2) is 11.5 Å². The highest BCUT2D eigenvalue weighted by atomic mass is 32.2. The van der Waals surface area contributed by atoms with Crippen molar-refractivity contribution >= 4 is 27.5 Å². The average Bonchev–Trinajstić information content (AvgIpc) is 2.93. The number of aryl methyl sites for hydroxylation is 1. The lowest BCUT2D eigenvalue weighted by Gasteiger charge is -2.35. The van der Waals surface area contributed by atoms with Crippen LogP contribution >= 0.6 is 0 Å². The second kappa shape index (κ2) is 12.9. The van der Waals surface area contributed by atoms with Gasteiger partial charge in [0.25, 0.3) is 0 Å². The van der Waals surface area contributed by atoms with Crippen molar-refractivity contribution in [3.05, 3.63) is 89.5 Å². The molecule has 42 heavy (non-hydrogen) atoms. The summed E-state index contributed by atoms with van der Waals surface area (Å²) < 4.78 is 38.4. The van der Waals surface area contributed by atoms with Crippen LogP contribution in [0, 0.1) is 6.92 Å². The van der Waals surface area contributed by atoms with E-state index in [2.05, 4.69) is 5.32 Å². The Morgan fingerprint density at radius 2 is 1.57 bits per heavy atom. The summed E-state index contributed by atoms with van der Waals surface area (Å²) in [6.07, 6.45) is 1.31. The number of nitrogens with zero attached hydrogens (tertiary/aromatic N) is 2. The normalized spacial score (nSPS) is 13.6. The van der Waals surface area contributed by atoms with Gasteiger partial charge in [0.2, 0.25) is 21.8 Å². The highest BCUT2D eigenvalue weighted by molar-refractivity contribution is 7.92. The summed E-state index contributed by atoms with van der Waals surface area (Å²) in [4.78, 5) is 29.6. The van der Waals surface area contributed by atoms with Crippen LogP contribution < -0.4 is 19.1 Å². The van der Waals surface area contributed by atoms with Crippen molar-refractivity contribution in [2.75, 3.05) is 30.3 Å². The van der Waals surface area contributed by atoms with Crippen LogP contribution in [0.1, 0.15) is 37.5 Å². The molecule has 0 radical (unpaired) electrons. The van der Waals surface area contributed by atoms with E-state index in [-0.39, 0.29) is 24.6 Å². The molecule has 1 atom stereocenters. The third-order valence-corrected chi connectivity index (χ3v) is 8.00. The molecule has 9 nitrogen and oxygen atoms in total. The topological polar surface area (TPSA) is 105 Å². The molecule has 1 N–H and O–H groups in total. The van der Waals surface area contributed by atoms with E-state index in [1.54, 1.807) is 18.2 Å². The van der Waals surface area contributed by atoms with Crippen molar-refractivity contribution in [1.29, 1.82) is 0 Å². The molecule has 0 aromatic heterocycles. The van der Waals surface area contributed by atoms with Gasteiger partial charge in [0.05, 0.1) is 11.9 Å². The number of amides is 2. The number of anilines is 1. The van der Waals surface area contributed by atoms with Crippen molar-refractivity contribution in [1.82, 2.24) is 10.2 Å². The third-order valence-electron chi connectivity index (χ3n) is 6.86. The summed E-state index contributed by atoms with van der Waals surface area (Å²) in [5, 5.41) is 3.03. The first-order valence-corrected chi connectivity index (χ1v) is 15.7. The monoisotopic (exact) mass is 593 g/mol. The molecule has 0 spiro atoms. The summed E-state index contributed by atoms with van der Waals surface area (Å²) in [6.45, 7) is 7.94. The molecule has 0 bridgehead atoms. The molecule has 0 saturated carbocycles. The van der Waals surface area contributed by atoms with Crippen LogP contribution in [0.4, 0.5) is 5.69 Å². The molecule has 1 heterocycles. The first kappa shape index (κ1) is 30.9. The minimum absolute atomic E-state index is 0.124. The van der Waals surface area contributed by atoms with Crippen molar-refractivity contribution in [3.63, 3.8) is 0 Å². The number of ether oxygens (including phenoxy) is 2. The number of carbonyl (C=O) groups excluding carboxylic acids is 2. The summed E-state index contributed by atoms with van der Waals surface area (Å²) >= 11 is 0. The van der Waals surface area contributed by atoms with Crippen LogP contribution in [0.5, 0.6) is 11.5 Å². The fraction of sp³-hybridized carbons (Fsp3) is 0.375. The van der Waals surface area contributed by atoms with E-state index in [1.807, 2.05) is 82.3 Å². The quantitative estimate of drug-likeness (QED) is 0.380. The van der Waals surface area contributed by atoms with Gasteiger partial charge in [-0.25, -0.2) is 8.42 Å². The van der Waals surface area contributed by atoms with Crippen LogP contribution in [0.3, 0.4) is 0 Å². The summed E-state index contributed by atoms with van der Waals surface area (Å²) in [7, 11) is -3.90. The first-order valence-electron chi connectivity index (χ1n) is 13.9. The van der Waals surface area contributed by atoms with Crippen LogP contribution in [0.15, 0.2) is 72.8 Å². The van der Waals surface area contributed by atoms with Crippen LogP contribution in [-0.4, -0.2) is 62.7 Å². The molecule has 3 aromatic carbocycles. The zero-order valence-corrected chi connectivity index (χ0v) is 25.6. The number of sulfonamides is 1. The second-order valence-electron chi connectivity index (χ2n) is 11.5. The smallest absolute Gasteiger partial charge is 0.244 e. The molecule has 0 saturated heterocycles. The first-order chi connectivity index (χ1) is 19.8. The second-order valence-corrected chi connectivity index (χ2v) is 13.4. The van der Waals surface area contributed by atoms with Crippen molar-refractivity contribution < 1.29 is 27.5 Å². The highest BCUT2D eigenvalue weighted by Gasteiger charge is 2.34. The lowest BCUT2D eigenvalue weighted by molar-refractivity contribution is -0.140. The summed E-state index contributed by atoms with van der Waals surface area (Å²) in [5.74, 6) is 0.0814. The van der Waals surface area contributed by atoms with E-state index in [4.69, 9.17) is 9.47 Å². The van der Waals surface area contributed by atoms with Crippen LogP contribution in [0.2, 0.25) is 0 Å². The predicted molar refractivity (Wildman–Crippen MR) is 163 cm³/mol. The minimum Gasteiger partial charge on any atom is -0.486 e. The van der Waals surface area contributed by atoms with Crippen molar-refractivity contribution in [2.45, 2.75) is 52.2 Å². The summed E-state index contributed by atoms with van der Waals surface area (Å²) in [5.41, 5.74) is 2.41. The number of nitrogens with one attached hydrogen (secondary N) is 1. The molecule has 1 aliphatic rings. The Labute approximate surface area is 248 Å². The fourth-order valence-corrected chi connectivity index (χ4v) is 5.62. The molecule has 1 aliphatic heterocycles. The van der Waals surface area contributed by atoms with Gasteiger partial charge in [0, 0.05) is 24.6 Å². The highest BCUT2D eigenvalue weighted by Crippen LogP contribution is 2.35. The Bertz CT molecular complexity index is 1520. The Hall–Kier alpha value is -4.05. The molecule has 0 aliphatic carbocycles.